The van der Waals surface area contributed by atoms with E-state index in [1.54, 1.807) is 12.1 Å². The summed E-state index contributed by atoms with van der Waals surface area (Å²) in [5.74, 6) is 0.244. The molecule has 0 spiro atoms. The molecule has 23 heavy (non-hydrogen) atoms. The molecule has 0 unspecified atom stereocenters. The van der Waals surface area contributed by atoms with Gasteiger partial charge in [0.25, 0.3) is 0 Å². The summed E-state index contributed by atoms with van der Waals surface area (Å²) >= 11 is 0. The van der Waals surface area contributed by atoms with Crippen molar-refractivity contribution in [2.75, 3.05) is 19.7 Å². The lowest BCUT2D eigenvalue weighted by Crippen LogP contribution is -2.43. The molecule has 1 aliphatic heterocycles. The second-order valence-corrected chi connectivity index (χ2v) is 6.51. The van der Waals surface area contributed by atoms with Gasteiger partial charge in [0, 0.05) is 25.3 Å². The number of hydrogen-bond donors (Lipinski definition) is 0. The van der Waals surface area contributed by atoms with Gasteiger partial charge in [-0.3, -0.25) is 9.59 Å². The summed E-state index contributed by atoms with van der Waals surface area (Å²) < 4.78 is 18.7. The minimum absolute atomic E-state index is 0.00659. The number of Topliss-reactive ketones (excluding diaryl/α,β-unsaturated/α-hetero) is 1. The Morgan fingerprint density at radius 3 is 2.74 bits per heavy atom. The molecule has 3 rings (SSSR count). The molecular weight excluding hydrogens is 297 g/mol. The van der Waals surface area contributed by atoms with E-state index in [9.17, 15) is 14.0 Å². The summed E-state index contributed by atoms with van der Waals surface area (Å²) in [6.45, 7) is 3.46. The fourth-order valence-corrected chi connectivity index (χ4v) is 3.46. The highest BCUT2D eigenvalue weighted by molar-refractivity contribution is 5.85. The van der Waals surface area contributed by atoms with Crippen molar-refractivity contribution in [2.24, 2.45) is 11.8 Å². The minimum Gasteiger partial charge on any atom is -0.370 e. The first kappa shape index (κ1) is 16.1. The van der Waals surface area contributed by atoms with Crippen molar-refractivity contribution in [1.82, 2.24) is 4.90 Å². The number of ketones is 1. The van der Waals surface area contributed by atoms with Gasteiger partial charge in [-0.2, -0.15) is 0 Å². The highest BCUT2D eigenvalue weighted by Gasteiger charge is 2.34. The molecule has 0 aromatic heterocycles. The minimum atomic E-state index is -0.280. The zero-order valence-electron chi connectivity index (χ0n) is 13.3. The predicted octanol–water partition coefficient (Wildman–Crippen LogP) is 2.73. The lowest BCUT2D eigenvalue weighted by Gasteiger charge is -2.34. The molecule has 1 amide bonds. The fraction of sp³-hybridized carbons (Fsp3) is 0.556. The normalized spacial score (nSPS) is 28.2. The van der Waals surface area contributed by atoms with Crippen molar-refractivity contribution in [3.63, 3.8) is 0 Å². The molecule has 0 bridgehead atoms. The average Bonchev–Trinajstić information content (AvgIpc) is 2.88. The van der Waals surface area contributed by atoms with Crippen molar-refractivity contribution in [3.05, 3.63) is 35.6 Å². The van der Waals surface area contributed by atoms with Gasteiger partial charge < -0.3 is 9.64 Å². The van der Waals surface area contributed by atoms with Crippen LogP contribution in [0.4, 0.5) is 4.39 Å². The second-order valence-electron chi connectivity index (χ2n) is 6.51. The van der Waals surface area contributed by atoms with Gasteiger partial charge in [0.15, 0.2) is 0 Å². The highest BCUT2D eigenvalue weighted by atomic mass is 19.1. The Labute approximate surface area is 135 Å². The second kappa shape index (κ2) is 6.79. The summed E-state index contributed by atoms with van der Waals surface area (Å²) in [6.07, 6.45) is 1.64. The van der Waals surface area contributed by atoms with Crippen LogP contribution in [0.5, 0.6) is 0 Å². The molecule has 124 valence electrons. The van der Waals surface area contributed by atoms with Gasteiger partial charge >= 0.3 is 0 Å². The van der Waals surface area contributed by atoms with Crippen LogP contribution in [0.25, 0.3) is 0 Å². The fourth-order valence-electron chi connectivity index (χ4n) is 3.46. The Morgan fingerprint density at radius 1 is 1.35 bits per heavy atom. The third-order valence-electron chi connectivity index (χ3n) is 5.07. The molecule has 2 fully saturated rings. The van der Waals surface area contributed by atoms with E-state index in [0.717, 1.165) is 12.0 Å². The van der Waals surface area contributed by atoms with E-state index in [1.807, 2.05) is 11.8 Å². The van der Waals surface area contributed by atoms with Crippen LogP contribution in [-0.4, -0.2) is 36.3 Å². The Morgan fingerprint density at radius 2 is 2.09 bits per heavy atom. The zero-order valence-corrected chi connectivity index (χ0v) is 13.3. The van der Waals surface area contributed by atoms with E-state index in [0.29, 0.717) is 32.5 Å². The summed E-state index contributed by atoms with van der Waals surface area (Å²) in [7, 11) is 0. The number of morpholine rings is 1. The number of halogens is 1. The van der Waals surface area contributed by atoms with Gasteiger partial charge in [0.2, 0.25) is 5.91 Å². The van der Waals surface area contributed by atoms with Gasteiger partial charge in [-0.25, -0.2) is 4.39 Å². The monoisotopic (exact) mass is 319 g/mol. The van der Waals surface area contributed by atoms with Crippen molar-refractivity contribution in [2.45, 2.75) is 32.3 Å². The Kier molecular flexibility index (Phi) is 4.76. The molecule has 1 heterocycles. The van der Waals surface area contributed by atoms with Crippen LogP contribution < -0.4 is 0 Å². The molecule has 1 aromatic rings. The molecule has 2 aliphatic rings. The quantitative estimate of drug-likeness (QED) is 0.860. The summed E-state index contributed by atoms with van der Waals surface area (Å²) in [4.78, 5) is 26.0. The van der Waals surface area contributed by atoms with Gasteiger partial charge in [-0.05, 0) is 30.0 Å². The number of amides is 1. The van der Waals surface area contributed by atoms with Crippen LogP contribution in [0.1, 0.15) is 37.9 Å². The maximum Gasteiger partial charge on any atom is 0.223 e. The molecule has 3 atom stereocenters. The van der Waals surface area contributed by atoms with Gasteiger partial charge in [0.1, 0.15) is 17.7 Å². The van der Waals surface area contributed by atoms with Crippen molar-refractivity contribution < 1.29 is 18.7 Å². The van der Waals surface area contributed by atoms with E-state index in [4.69, 9.17) is 4.74 Å². The van der Waals surface area contributed by atoms with E-state index < -0.39 is 0 Å². The Balaban J connectivity index is 1.60. The maximum absolute atomic E-state index is 13.0. The van der Waals surface area contributed by atoms with Crippen LogP contribution >= 0.6 is 0 Å². The van der Waals surface area contributed by atoms with E-state index in [2.05, 4.69) is 0 Å². The molecule has 5 heteroatoms. The average molecular weight is 319 g/mol. The highest BCUT2D eigenvalue weighted by Crippen LogP contribution is 2.32. The van der Waals surface area contributed by atoms with Crippen LogP contribution in [0.15, 0.2) is 24.3 Å². The van der Waals surface area contributed by atoms with Crippen molar-refractivity contribution >= 4 is 11.7 Å². The predicted molar refractivity (Wildman–Crippen MR) is 83.2 cm³/mol. The summed E-state index contributed by atoms with van der Waals surface area (Å²) in [6, 6.07) is 6.22. The Hall–Kier alpha value is -1.75. The summed E-state index contributed by atoms with van der Waals surface area (Å²) in [5.41, 5.74) is 0.883. The third-order valence-corrected chi connectivity index (χ3v) is 5.07. The molecule has 0 radical (unpaired) electrons. The number of rotatable bonds is 3. The van der Waals surface area contributed by atoms with Crippen molar-refractivity contribution in [3.8, 4) is 0 Å². The standard InChI is InChI=1S/C18H22FNO3/c1-12-14(4-7-16(12)21)10-18(22)20-8-9-23-17(11-20)13-2-5-15(19)6-3-13/h2-3,5-6,12,14,17H,4,7-11H2,1H3/t12-,14+,17+/m0/s1. The third kappa shape index (κ3) is 3.61. The van der Waals surface area contributed by atoms with E-state index >= 15 is 0 Å². The molecule has 1 aliphatic carbocycles. The van der Waals surface area contributed by atoms with Crippen LogP contribution in [-0.2, 0) is 14.3 Å². The molecule has 1 aromatic carbocycles. The first-order valence-corrected chi connectivity index (χ1v) is 8.22. The first-order chi connectivity index (χ1) is 11.0. The SMILES string of the molecule is C[C@@H]1C(=O)CC[C@@H]1CC(=O)N1CCO[C@@H](c2ccc(F)cc2)C1. The molecular formula is C18H22FNO3. The molecule has 0 N–H and O–H groups in total. The van der Waals surface area contributed by atoms with E-state index in [-0.39, 0.29) is 35.4 Å². The maximum atomic E-state index is 13.0. The zero-order chi connectivity index (χ0) is 16.4. The van der Waals surface area contributed by atoms with Crippen LogP contribution in [0.3, 0.4) is 0 Å². The summed E-state index contributed by atoms with van der Waals surface area (Å²) in [5, 5.41) is 0. The smallest absolute Gasteiger partial charge is 0.223 e. The van der Waals surface area contributed by atoms with Gasteiger partial charge in [-0.1, -0.05) is 19.1 Å². The van der Waals surface area contributed by atoms with Crippen LogP contribution in [0, 0.1) is 17.7 Å². The number of hydrogen-bond acceptors (Lipinski definition) is 3. The topological polar surface area (TPSA) is 46.6 Å². The number of carbonyl (C=O) groups excluding carboxylic acids is 2. The number of nitrogens with zero attached hydrogens (tertiary/aromatic N) is 1. The van der Waals surface area contributed by atoms with Gasteiger partial charge in [-0.15, -0.1) is 0 Å². The number of carbonyl (C=O) groups is 2. The molecule has 1 saturated carbocycles. The number of benzene rings is 1. The molecule has 1 saturated heterocycles. The van der Waals surface area contributed by atoms with E-state index in [1.165, 1.54) is 12.1 Å². The van der Waals surface area contributed by atoms with Crippen LogP contribution in [0.2, 0.25) is 0 Å². The molecule has 4 nitrogen and oxygen atoms in total. The number of ether oxygens (including phenoxy) is 1. The largest absolute Gasteiger partial charge is 0.370 e. The first-order valence-electron chi connectivity index (χ1n) is 8.22. The lowest BCUT2D eigenvalue weighted by atomic mass is 9.93. The lowest BCUT2D eigenvalue weighted by molar-refractivity contribution is -0.140. The van der Waals surface area contributed by atoms with Gasteiger partial charge in [0.05, 0.1) is 13.2 Å². The van der Waals surface area contributed by atoms with Crippen molar-refractivity contribution in [1.29, 1.82) is 0 Å². The Bertz CT molecular complexity index is 586.